The second-order valence-electron chi connectivity index (χ2n) is 7.78. The van der Waals surface area contributed by atoms with Gasteiger partial charge in [0.25, 0.3) is 0 Å². The quantitative estimate of drug-likeness (QED) is 0.193. The van der Waals surface area contributed by atoms with Crippen LogP contribution in [0.5, 0.6) is 0 Å². The molecule has 12 heteroatoms. The van der Waals surface area contributed by atoms with Gasteiger partial charge in [0.2, 0.25) is 0 Å². The first-order valence-electron chi connectivity index (χ1n) is 11.1. The van der Waals surface area contributed by atoms with Crippen LogP contribution in [0.15, 0.2) is 66.0 Å². The summed E-state index contributed by atoms with van der Waals surface area (Å²) in [5.74, 6) is 1.75. The van der Waals surface area contributed by atoms with Crippen LogP contribution in [0.4, 0.5) is 13.2 Å². The second-order valence-corrected chi connectivity index (χ2v) is 7.78. The van der Waals surface area contributed by atoms with E-state index < -0.39 is 12.1 Å². The van der Waals surface area contributed by atoms with Gasteiger partial charge in [0.05, 0.1) is 31.1 Å². The van der Waals surface area contributed by atoms with Crippen molar-refractivity contribution in [1.82, 2.24) is 4.57 Å². The van der Waals surface area contributed by atoms with Crippen molar-refractivity contribution >= 4 is 24.1 Å². The number of alkyl halides is 3. The molecule has 3 rings (SSSR count). The number of ether oxygens (including phenoxy) is 2. The maximum atomic E-state index is 12.5. The number of aliphatic carboxylic acids is 1. The lowest BCUT2D eigenvalue weighted by atomic mass is 10.0. The van der Waals surface area contributed by atoms with Crippen molar-refractivity contribution in [2.75, 3.05) is 13.7 Å². The molecule has 0 saturated carbocycles. The fourth-order valence-electron chi connectivity index (χ4n) is 3.35. The highest BCUT2D eigenvalue weighted by Gasteiger charge is 2.38. The number of nitrogens with zero attached hydrogens (tertiary/aromatic N) is 2. The monoisotopic (exact) mass is 533 g/mol. The number of carbonyl (C=O) groups excluding carboxylic acids is 2. The van der Waals surface area contributed by atoms with E-state index in [1.54, 1.807) is 31.5 Å². The summed E-state index contributed by atoms with van der Waals surface area (Å²) >= 11 is 0. The molecular weight excluding hydrogens is 507 g/mol. The molecule has 0 aliphatic heterocycles. The predicted octanol–water partition coefficient (Wildman–Crippen LogP) is 4.02. The summed E-state index contributed by atoms with van der Waals surface area (Å²) in [7, 11) is 1.35. The number of halogens is 3. The minimum atomic E-state index is -5.08. The molecule has 38 heavy (non-hydrogen) atoms. The third-order valence-electron chi connectivity index (χ3n) is 5.01. The molecule has 1 aromatic heterocycles. The average Bonchev–Trinajstić information content (AvgIpc) is 3.26. The summed E-state index contributed by atoms with van der Waals surface area (Å²) in [6.45, 7) is 2.67. The number of carboxylic acids is 1. The zero-order valence-corrected chi connectivity index (χ0v) is 20.6. The van der Waals surface area contributed by atoms with E-state index in [-0.39, 0.29) is 11.9 Å². The zero-order chi connectivity index (χ0) is 28.3. The Bertz CT molecular complexity index is 1280. The first kappa shape index (κ1) is 29.6. The van der Waals surface area contributed by atoms with Gasteiger partial charge in [-0.2, -0.15) is 18.3 Å². The molecule has 0 amide bonds. The Balaban J connectivity index is 0.000000638. The molecule has 0 saturated heterocycles. The lowest BCUT2D eigenvalue weighted by molar-refractivity contribution is -0.192. The van der Waals surface area contributed by atoms with Crippen LogP contribution < -0.4 is 5.84 Å². The summed E-state index contributed by atoms with van der Waals surface area (Å²) in [5, 5.41) is 10.7. The molecule has 3 N–H and O–H groups in total. The van der Waals surface area contributed by atoms with Gasteiger partial charge < -0.3 is 25.0 Å². The predicted molar refractivity (Wildman–Crippen MR) is 132 cm³/mol. The Labute approximate surface area is 216 Å². The van der Waals surface area contributed by atoms with Crippen LogP contribution in [0, 0.1) is 0 Å². The number of hydrogen-bond acceptors (Lipinski definition) is 7. The van der Waals surface area contributed by atoms with Crippen molar-refractivity contribution in [2.45, 2.75) is 26.1 Å². The van der Waals surface area contributed by atoms with Gasteiger partial charge in [-0.3, -0.25) is 0 Å². The van der Waals surface area contributed by atoms with Gasteiger partial charge in [-0.25, -0.2) is 14.4 Å². The maximum Gasteiger partial charge on any atom is 0.490 e. The molecule has 0 aliphatic rings. The van der Waals surface area contributed by atoms with Crippen molar-refractivity contribution in [3.63, 3.8) is 0 Å². The van der Waals surface area contributed by atoms with Crippen LogP contribution in [0.2, 0.25) is 0 Å². The zero-order valence-electron chi connectivity index (χ0n) is 20.6. The highest BCUT2D eigenvalue weighted by atomic mass is 19.4. The van der Waals surface area contributed by atoms with Gasteiger partial charge in [-0.05, 0) is 53.8 Å². The van der Waals surface area contributed by atoms with E-state index in [9.17, 15) is 22.8 Å². The summed E-state index contributed by atoms with van der Waals surface area (Å²) in [6, 6.07) is 15.0. The minimum Gasteiger partial charge on any atom is -0.475 e. The summed E-state index contributed by atoms with van der Waals surface area (Å²) in [5.41, 5.74) is 4.79. The van der Waals surface area contributed by atoms with Gasteiger partial charge >= 0.3 is 24.1 Å². The number of methoxy groups -OCH3 is 1. The molecule has 2 aromatic carbocycles. The maximum absolute atomic E-state index is 12.5. The molecule has 0 radical (unpaired) electrons. The van der Waals surface area contributed by atoms with E-state index in [0.29, 0.717) is 30.7 Å². The largest absolute Gasteiger partial charge is 0.490 e. The molecule has 1 heterocycles. The third-order valence-corrected chi connectivity index (χ3v) is 5.01. The van der Waals surface area contributed by atoms with E-state index >= 15 is 0 Å². The van der Waals surface area contributed by atoms with E-state index in [1.807, 2.05) is 47.2 Å². The second kappa shape index (κ2) is 13.6. The standard InChI is InChI=1S/C24H25N3O4.C2HF3O2/c1-3-31-24(29)22-16-27(14-19-6-4-5-18(11-19)13-26-25)15-21(22)12-17-7-9-20(10-8-17)23(28)30-2;3-2(4,5)1(6)7/h4-11,13,15-16H,3,12,14,25H2,1-2H3;(H,6,7)/b26-13-;. The first-order valence-corrected chi connectivity index (χ1v) is 11.1. The average molecular weight is 534 g/mol. The highest BCUT2D eigenvalue weighted by Crippen LogP contribution is 2.19. The molecule has 0 aliphatic carbocycles. The smallest absolute Gasteiger partial charge is 0.475 e. The summed E-state index contributed by atoms with van der Waals surface area (Å²) in [6.07, 6.45) is 0.791. The van der Waals surface area contributed by atoms with Crippen LogP contribution >= 0.6 is 0 Å². The van der Waals surface area contributed by atoms with E-state index in [0.717, 1.165) is 22.3 Å². The van der Waals surface area contributed by atoms with E-state index in [2.05, 4.69) is 5.10 Å². The Morgan fingerprint density at radius 2 is 1.71 bits per heavy atom. The normalized spacial score (nSPS) is 11.0. The third kappa shape index (κ3) is 8.80. The highest BCUT2D eigenvalue weighted by molar-refractivity contribution is 5.91. The van der Waals surface area contributed by atoms with Gasteiger partial charge in [0.15, 0.2) is 0 Å². The Morgan fingerprint density at radius 1 is 1.05 bits per heavy atom. The number of carbonyl (C=O) groups is 3. The van der Waals surface area contributed by atoms with Crippen molar-refractivity contribution in [3.05, 3.63) is 94.3 Å². The van der Waals surface area contributed by atoms with Crippen molar-refractivity contribution in [1.29, 1.82) is 0 Å². The lowest BCUT2D eigenvalue weighted by Gasteiger charge is -2.05. The molecule has 0 spiro atoms. The SMILES string of the molecule is CCOC(=O)c1cn(Cc2cccc(/C=N\N)c2)cc1Cc1ccc(C(=O)OC)cc1.O=C(O)C(F)(F)F. The number of hydrogen-bond donors (Lipinski definition) is 2. The van der Waals surface area contributed by atoms with E-state index in [1.165, 1.54) is 7.11 Å². The molecule has 0 atom stereocenters. The number of benzene rings is 2. The molecular formula is C26H26F3N3O6. The van der Waals surface area contributed by atoms with Gasteiger partial charge in [0, 0.05) is 18.9 Å². The number of esters is 2. The Morgan fingerprint density at radius 3 is 2.26 bits per heavy atom. The first-order chi connectivity index (χ1) is 18.0. The van der Waals surface area contributed by atoms with Crippen LogP contribution in [0.3, 0.4) is 0 Å². The molecule has 202 valence electrons. The van der Waals surface area contributed by atoms with Gasteiger partial charge in [-0.15, -0.1) is 0 Å². The van der Waals surface area contributed by atoms with Crippen LogP contribution in [0.1, 0.15) is 49.9 Å². The van der Waals surface area contributed by atoms with Gasteiger partial charge in [-0.1, -0.05) is 30.3 Å². The Kier molecular flexibility index (Phi) is 10.6. The fourth-order valence-corrected chi connectivity index (χ4v) is 3.35. The number of carboxylic acid groups (broad SMARTS) is 1. The van der Waals surface area contributed by atoms with Crippen molar-refractivity contribution < 1.29 is 42.1 Å². The van der Waals surface area contributed by atoms with Gasteiger partial charge in [0.1, 0.15) is 0 Å². The molecule has 9 nitrogen and oxygen atoms in total. The minimum absolute atomic E-state index is 0.303. The molecule has 0 fully saturated rings. The van der Waals surface area contributed by atoms with Crippen molar-refractivity contribution in [3.8, 4) is 0 Å². The topological polar surface area (TPSA) is 133 Å². The van der Waals surface area contributed by atoms with Crippen molar-refractivity contribution in [2.24, 2.45) is 10.9 Å². The number of nitrogens with two attached hydrogens (primary N) is 1. The molecule has 0 unspecified atom stereocenters. The fraction of sp³-hybridized carbons (Fsp3) is 0.231. The Hall–Kier alpha value is -4.61. The lowest BCUT2D eigenvalue weighted by Crippen LogP contribution is -2.21. The van der Waals surface area contributed by atoms with Crippen LogP contribution in [0.25, 0.3) is 0 Å². The molecule has 3 aromatic rings. The number of rotatable bonds is 8. The van der Waals surface area contributed by atoms with Crippen LogP contribution in [-0.2, 0) is 27.2 Å². The van der Waals surface area contributed by atoms with E-state index in [4.69, 9.17) is 25.2 Å². The number of aromatic nitrogens is 1. The summed E-state index contributed by atoms with van der Waals surface area (Å²) < 4.78 is 43.7. The molecule has 0 bridgehead atoms. The van der Waals surface area contributed by atoms with Crippen LogP contribution in [-0.4, -0.2) is 53.7 Å². The number of hydrazone groups is 1. The summed E-state index contributed by atoms with van der Waals surface area (Å²) in [4.78, 5) is 33.0.